The number of hydrogen-bond donors (Lipinski definition) is 0. The van der Waals surface area contributed by atoms with Crippen molar-refractivity contribution in [3.63, 3.8) is 0 Å². The minimum atomic E-state index is 0.134. The molecule has 2 atom stereocenters. The molecule has 0 heterocycles. The van der Waals surface area contributed by atoms with Gasteiger partial charge < -0.3 is 0 Å². The van der Waals surface area contributed by atoms with E-state index in [1.54, 1.807) is 16.7 Å². The largest absolute Gasteiger partial charge is 0.0991 e. The third-order valence-corrected chi connectivity index (χ3v) is 6.51. The van der Waals surface area contributed by atoms with E-state index < -0.39 is 0 Å². The molecule has 24 heavy (non-hydrogen) atoms. The Morgan fingerprint density at radius 1 is 1.33 bits per heavy atom. The molecule has 0 N–H and O–H groups in total. The highest BCUT2D eigenvalue weighted by molar-refractivity contribution is 14.1. The van der Waals surface area contributed by atoms with Gasteiger partial charge >= 0.3 is 0 Å². The lowest BCUT2D eigenvalue weighted by Crippen LogP contribution is -2.15. The molecular formula is C23H27I. The van der Waals surface area contributed by atoms with Gasteiger partial charge in [0.2, 0.25) is 0 Å². The van der Waals surface area contributed by atoms with Crippen LogP contribution in [0, 0.1) is 17.3 Å². The zero-order valence-corrected chi connectivity index (χ0v) is 17.1. The van der Waals surface area contributed by atoms with Crippen molar-refractivity contribution in [2.75, 3.05) is 0 Å². The molecule has 126 valence electrons. The third kappa shape index (κ3) is 3.20. The lowest BCUT2D eigenvalue weighted by Gasteiger charge is -2.27. The van der Waals surface area contributed by atoms with Crippen molar-refractivity contribution in [1.29, 1.82) is 0 Å². The molecule has 2 unspecified atom stereocenters. The van der Waals surface area contributed by atoms with Gasteiger partial charge in [0.15, 0.2) is 0 Å². The summed E-state index contributed by atoms with van der Waals surface area (Å²) >= 11 is 2.40. The fourth-order valence-corrected chi connectivity index (χ4v) is 4.83. The van der Waals surface area contributed by atoms with Gasteiger partial charge in [-0.1, -0.05) is 87.1 Å². The third-order valence-electron chi connectivity index (χ3n) is 5.71. The van der Waals surface area contributed by atoms with Crippen LogP contribution in [0.4, 0.5) is 0 Å². The maximum Gasteiger partial charge on any atom is 0.0114 e. The Labute approximate surface area is 160 Å². The fraction of sp³-hybridized carbons (Fsp3) is 0.391. The summed E-state index contributed by atoms with van der Waals surface area (Å²) in [5.41, 5.74) is 6.29. The van der Waals surface area contributed by atoms with Crippen LogP contribution >= 0.6 is 22.6 Å². The predicted octanol–water partition coefficient (Wildman–Crippen LogP) is 7.24. The summed E-state index contributed by atoms with van der Waals surface area (Å²) in [5, 5.41) is 0. The van der Waals surface area contributed by atoms with E-state index >= 15 is 0 Å². The van der Waals surface area contributed by atoms with Crippen molar-refractivity contribution < 1.29 is 0 Å². The highest BCUT2D eigenvalue weighted by Gasteiger charge is 2.40. The van der Waals surface area contributed by atoms with Crippen LogP contribution < -0.4 is 0 Å². The summed E-state index contributed by atoms with van der Waals surface area (Å²) in [7, 11) is 0. The second kappa shape index (κ2) is 7.03. The lowest BCUT2D eigenvalue weighted by molar-refractivity contribution is 0.540. The minimum absolute atomic E-state index is 0.134. The zero-order chi connectivity index (χ0) is 17.3. The molecule has 0 amide bonds. The molecule has 0 aromatic rings. The summed E-state index contributed by atoms with van der Waals surface area (Å²) in [4.78, 5) is 0. The second-order valence-corrected chi connectivity index (χ2v) is 8.76. The van der Waals surface area contributed by atoms with Crippen LogP contribution in [-0.2, 0) is 0 Å². The number of halogens is 1. The van der Waals surface area contributed by atoms with Crippen molar-refractivity contribution in [2.24, 2.45) is 17.3 Å². The standard InChI is InChI=1S/C23H27I/c1-5-8-18(17-11-13-19(24)14-12-17)15-22-16(2)20-9-6-7-10-21(20)23(22,3)4/h5,7-8,10-11,13-17H,1,6,9,12H2,2-4H3/b18-8+,22-15+. The molecule has 0 bridgehead atoms. The van der Waals surface area contributed by atoms with E-state index in [9.17, 15) is 0 Å². The van der Waals surface area contributed by atoms with Gasteiger partial charge in [-0.15, -0.1) is 0 Å². The first kappa shape index (κ1) is 17.7. The van der Waals surface area contributed by atoms with E-state index in [2.05, 4.69) is 92.5 Å². The molecule has 0 aromatic heterocycles. The molecule has 0 aromatic carbocycles. The Balaban J connectivity index is 1.97. The maximum absolute atomic E-state index is 3.94. The van der Waals surface area contributed by atoms with E-state index in [-0.39, 0.29) is 5.41 Å². The van der Waals surface area contributed by atoms with Gasteiger partial charge in [-0.25, -0.2) is 0 Å². The fourth-order valence-electron chi connectivity index (χ4n) is 4.37. The predicted molar refractivity (Wildman–Crippen MR) is 114 cm³/mol. The van der Waals surface area contributed by atoms with Gasteiger partial charge in [0.1, 0.15) is 0 Å². The SMILES string of the molecule is C=C/C=C(\C=C1/C(C)C2=C(C=CCC2)C1(C)C)C1C=CC(I)=CC1. The topological polar surface area (TPSA) is 0 Å². The van der Waals surface area contributed by atoms with E-state index in [1.807, 2.05) is 6.08 Å². The molecule has 0 nitrogen and oxygen atoms in total. The lowest BCUT2D eigenvalue weighted by atomic mass is 9.77. The Morgan fingerprint density at radius 3 is 2.75 bits per heavy atom. The molecule has 3 aliphatic rings. The Hall–Kier alpha value is -1.09. The Kier molecular flexibility index (Phi) is 5.19. The Morgan fingerprint density at radius 2 is 2.12 bits per heavy atom. The van der Waals surface area contributed by atoms with E-state index in [1.165, 1.54) is 22.0 Å². The van der Waals surface area contributed by atoms with Gasteiger partial charge in [0, 0.05) is 14.9 Å². The van der Waals surface area contributed by atoms with E-state index in [0.717, 1.165) is 6.42 Å². The Bertz CT molecular complexity index is 719. The van der Waals surface area contributed by atoms with Crippen molar-refractivity contribution in [3.05, 3.63) is 81.1 Å². The smallest absolute Gasteiger partial charge is 0.0114 e. The average Bonchev–Trinajstić information content (AvgIpc) is 2.76. The molecule has 0 aliphatic heterocycles. The normalized spacial score (nSPS) is 30.6. The number of rotatable bonds is 3. The molecule has 3 rings (SSSR count). The maximum atomic E-state index is 3.94. The highest BCUT2D eigenvalue weighted by atomic mass is 127. The molecule has 0 saturated carbocycles. The van der Waals surface area contributed by atoms with E-state index in [0.29, 0.717) is 11.8 Å². The molecule has 0 radical (unpaired) electrons. The van der Waals surface area contributed by atoms with Gasteiger partial charge in [0.05, 0.1) is 0 Å². The quantitative estimate of drug-likeness (QED) is 0.327. The summed E-state index contributed by atoms with van der Waals surface area (Å²) < 4.78 is 1.34. The van der Waals surface area contributed by atoms with Crippen molar-refractivity contribution >= 4 is 22.6 Å². The molecular weight excluding hydrogens is 403 g/mol. The molecule has 0 saturated heterocycles. The first-order valence-corrected chi connectivity index (χ1v) is 10.0. The van der Waals surface area contributed by atoms with Crippen LogP contribution in [0.3, 0.4) is 0 Å². The van der Waals surface area contributed by atoms with Gasteiger partial charge in [-0.05, 0) is 58.9 Å². The van der Waals surface area contributed by atoms with Crippen molar-refractivity contribution in [1.82, 2.24) is 0 Å². The molecule has 0 fully saturated rings. The minimum Gasteiger partial charge on any atom is -0.0991 e. The van der Waals surface area contributed by atoms with Crippen LogP contribution in [0.25, 0.3) is 0 Å². The van der Waals surface area contributed by atoms with Crippen molar-refractivity contribution in [2.45, 2.75) is 40.0 Å². The van der Waals surface area contributed by atoms with E-state index in [4.69, 9.17) is 0 Å². The van der Waals surface area contributed by atoms with Crippen LogP contribution in [-0.4, -0.2) is 0 Å². The number of allylic oxidation sites excluding steroid dienone is 13. The summed E-state index contributed by atoms with van der Waals surface area (Å²) in [6.07, 6.45) is 21.7. The van der Waals surface area contributed by atoms with Crippen LogP contribution in [0.5, 0.6) is 0 Å². The first-order chi connectivity index (χ1) is 11.4. The van der Waals surface area contributed by atoms with Crippen LogP contribution in [0.15, 0.2) is 81.1 Å². The van der Waals surface area contributed by atoms with Gasteiger partial charge in [-0.3, -0.25) is 0 Å². The summed E-state index contributed by atoms with van der Waals surface area (Å²) in [5.74, 6) is 1.02. The van der Waals surface area contributed by atoms with Crippen LogP contribution in [0.1, 0.15) is 40.0 Å². The zero-order valence-electron chi connectivity index (χ0n) is 15.0. The average molecular weight is 430 g/mol. The highest BCUT2D eigenvalue weighted by Crippen LogP contribution is 2.53. The first-order valence-electron chi connectivity index (χ1n) is 8.93. The van der Waals surface area contributed by atoms with Gasteiger partial charge in [0.25, 0.3) is 0 Å². The number of hydrogen-bond acceptors (Lipinski definition) is 0. The molecule has 0 spiro atoms. The van der Waals surface area contributed by atoms with Crippen LogP contribution in [0.2, 0.25) is 0 Å². The van der Waals surface area contributed by atoms with Crippen molar-refractivity contribution in [3.8, 4) is 0 Å². The second-order valence-electron chi connectivity index (χ2n) is 7.52. The summed E-state index contributed by atoms with van der Waals surface area (Å²) in [6, 6.07) is 0. The monoisotopic (exact) mass is 430 g/mol. The van der Waals surface area contributed by atoms with Gasteiger partial charge in [-0.2, -0.15) is 0 Å². The molecule has 3 aliphatic carbocycles. The summed E-state index contributed by atoms with van der Waals surface area (Å²) in [6.45, 7) is 11.1. The molecule has 1 heteroatoms.